The van der Waals surface area contributed by atoms with E-state index in [9.17, 15) is 4.79 Å². The molecule has 0 saturated heterocycles. The summed E-state index contributed by atoms with van der Waals surface area (Å²) in [6, 6.07) is 14.6. The van der Waals surface area contributed by atoms with Gasteiger partial charge < -0.3 is 10.6 Å². The van der Waals surface area contributed by atoms with Crippen LogP contribution >= 0.6 is 11.6 Å². The number of hydrogen-bond donors (Lipinski definition) is 2. The van der Waals surface area contributed by atoms with Crippen molar-refractivity contribution in [3.8, 4) is 6.07 Å². The van der Waals surface area contributed by atoms with E-state index in [4.69, 9.17) is 16.9 Å². The summed E-state index contributed by atoms with van der Waals surface area (Å²) < 4.78 is 0. The number of benzene rings is 2. The molecule has 0 saturated carbocycles. The van der Waals surface area contributed by atoms with Crippen molar-refractivity contribution in [3.05, 3.63) is 58.6 Å². The van der Waals surface area contributed by atoms with Gasteiger partial charge in [-0.25, -0.2) is 0 Å². The maximum atomic E-state index is 11.9. The molecule has 112 valence electrons. The minimum atomic E-state index is -0.0904. The Hall–Kier alpha value is -2.51. The number of para-hydroxylation sites is 1. The summed E-state index contributed by atoms with van der Waals surface area (Å²) in [5.41, 5.74) is 2.98. The first-order chi connectivity index (χ1) is 10.6. The second-order valence-electron chi connectivity index (χ2n) is 4.84. The molecule has 0 radical (unpaired) electrons. The highest BCUT2D eigenvalue weighted by atomic mass is 35.5. The molecule has 0 spiro atoms. The van der Waals surface area contributed by atoms with Crippen molar-refractivity contribution in [3.63, 3.8) is 0 Å². The molecule has 0 heterocycles. The Morgan fingerprint density at radius 2 is 2.00 bits per heavy atom. The summed E-state index contributed by atoms with van der Waals surface area (Å²) in [6.07, 6.45) is 0.307. The first kappa shape index (κ1) is 15.9. The highest BCUT2D eigenvalue weighted by molar-refractivity contribution is 6.30. The molecule has 22 heavy (non-hydrogen) atoms. The third kappa shape index (κ3) is 4.24. The van der Waals surface area contributed by atoms with E-state index in [-0.39, 0.29) is 5.91 Å². The Labute approximate surface area is 134 Å². The number of rotatable bonds is 5. The number of aryl methyl sites for hydroxylation is 1. The molecule has 0 atom stereocenters. The van der Waals surface area contributed by atoms with Crippen LogP contribution in [0.4, 0.5) is 11.4 Å². The summed E-state index contributed by atoms with van der Waals surface area (Å²) in [6.45, 7) is 2.35. The Morgan fingerprint density at radius 1 is 1.23 bits per heavy atom. The van der Waals surface area contributed by atoms with E-state index in [0.717, 1.165) is 16.9 Å². The molecule has 2 rings (SSSR count). The van der Waals surface area contributed by atoms with E-state index in [1.54, 1.807) is 30.3 Å². The summed E-state index contributed by atoms with van der Waals surface area (Å²) in [7, 11) is 0. The highest BCUT2D eigenvalue weighted by Crippen LogP contribution is 2.19. The molecule has 0 aromatic heterocycles. The van der Waals surface area contributed by atoms with Crippen LogP contribution in [0.2, 0.25) is 5.02 Å². The lowest BCUT2D eigenvalue weighted by atomic mass is 10.2. The zero-order chi connectivity index (χ0) is 15.9. The minimum Gasteiger partial charge on any atom is -0.383 e. The second kappa shape index (κ2) is 7.48. The number of nitrogens with zero attached hydrogens (tertiary/aromatic N) is 1. The molecular weight excluding hydrogens is 298 g/mol. The molecule has 5 heteroatoms. The Kier molecular flexibility index (Phi) is 5.40. The van der Waals surface area contributed by atoms with Crippen molar-refractivity contribution < 1.29 is 4.79 Å². The summed E-state index contributed by atoms with van der Waals surface area (Å²) in [5.74, 6) is -0.0904. The van der Waals surface area contributed by atoms with Gasteiger partial charge in [0.1, 0.15) is 6.07 Å². The molecule has 4 nitrogen and oxygen atoms in total. The molecule has 2 N–H and O–H groups in total. The summed E-state index contributed by atoms with van der Waals surface area (Å²) in [5, 5.41) is 15.6. The van der Waals surface area contributed by atoms with E-state index in [0.29, 0.717) is 23.6 Å². The van der Waals surface area contributed by atoms with Gasteiger partial charge in [0.05, 0.1) is 11.3 Å². The van der Waals surface area contributed by atoms with Crippen LogP contribution in [0.25, 0.3) is 0 Å². The van der Waals surface area contributed by atoms with E-state index < -0.39 is 0 Å². The molecule has 1 amide bonds. The van der Waals surface area contributed by atoms with Gasteiger partial charge in [0.15, 0.2) is 0 Å². The standard InChI is InChI=1S/C17H16ClN3O/c1-12-10-14(18)6-7-15(12)21-17(22)8-9-20-16-5-3-2-4-13(16)11-19/h2-7,10,20H,8-9H2,1H3,(H,21,22). The number of nitrogens with one attached hydrogen (secondary N) is 2. The lowest BCUT2D eigenvalue weighted by Crippen LogP contribution is -2.17. The van der Waals surface area contributed by atoms with Crippen molar-refractivity contribution in [2.45, 2.75) is 13.3 Å². The maximum Gasteiger partial charge on any atom is 0.226 e. The van der Waals surface area contributed by atoms with Crippen molar-refractivity contribution >= 4 is 28.9 Å². The van der Waals surface area contributed by atoms with Gasteiger partial charge in [0.25, 0.3) is 0 Å². The highest BCUT2D eigenvalue weighted by Gasteiger charge is 2.06. The topological polar surface area (TPSA) is 64.9 Å². The number of anilines is 2. The SMILES string of the molecule is Cc1cc(Cl)ccc1NC(=O)CCNc1ccccc1C#N. The average Bonchev–Trinajstić information content (AvgIpc) is 2.50. The van der Waals surface area contributed by atoms with Crippen molar-refractivity contribution in [2.75, 3.05) is 17.2 Å². The van der Waals surface area contributed by atoms with Gasteiger partial charge >= 0.3 is 0 Å². The zero-order valence-electron chi connectivity index (χ0n) is 12.2. The molecule has 0 aliphatic carbocycles. The van der Waals surface area contributed by atoms with Crippen LogP contribution in [0, 0.1) is 18.3 Å². The first-order valence-electron chi connectivity index (χ1n) is 6.89. The van der Waals surface area contributed by atoms with Crippen LogP contribution in [0.1, 0.15) is 17.5 Å². The first-order valence-corrected chi connectivity index (χ1v) is 7.27. The van der Waals surface area contributed by atoms with Crippen LogP contribution in [0.5, 0.6) is 0 Å². The monoisotopic (exact) mass is 313 g/mol. The molecule has 0 bridgehead atoms. The number of carbonyl (C=O) groups is 1. The van der Waals surface area contributed by atoms with Crippen LogP contribution < -0.4 is 10.6 Å². The van der Waals surface area contributed by atoms with Gasteiger partial charge in [-0.15, -0.1) is 0 Å². The lowest BCUT2D eigenvalue weighted by molar-refractivity contribution is -0.115. The quantitative estimate of drug-likeness (QED) is 0.878. The number of halogens is 1. The van der Waals surface area contributed by atoms with Gasteiger partial charge in [-0.2, -0.15) is 5.26 Å². The third-order valence-electron chi connectivity index (χ3n) is 3.18. The molecule has 2 aromatic rings. The largest absolute Gasteiger partial charge is 0.383 e. The molecule has 2 aromatic carbocycles. The van der Waals surface area contributed by atoms with E-state index >= 15 is 0 Å². The predicted octanol–water partition coefficient (Wildman–Crippen LogP) is 3.96. The van der Waals surface area contributed by atoms with Crippen LogP contribution in [0.3, 0.4) is 0 Å². The van der Waals surface area contributed by atoms with Crippen LogP contribution in [-0.2, 0) is 4.79 Å². The Morgan fingerprint density at radius 3 is 2.73 bits per heavy atom. The van der Waals surface area contributed by atoms with Gasteiger partial charge in [0.2, 0.25) is 5.91 Å². The van der Waals surface area contributed by atoms with Gasteiger partial charge in [-0.3, -0.25) is 4.79 Å². The van der Waals surface area contributed by atoms with Crippen molar-refractivity contribution in [2.24, 2.45) is 0 Å². The molecular formula is C17H16ClN3O. The Balaban J connectivity index is 1.87. The van der Waals surface area contributed by atoms with Gasteiger partial charge in [-0.1, -0.05) is 23.7 Å². The number of nitriles is 1. The number of hydrogen-bond acceptors (Lipinski definition) is 3. The average molecular weight is 314 g/mol. The Bertz CT molecular complexity index is 722. The fraction of sp³-hybridized carbons (Fsp3) is 0.176. The van der Waals surface area contributed by atoms with E-state index in [2.05, 4.69) is 16.7 Å². The normalized spacial score (nSPS) is 9.86. The number of carbonyl (C=O) groups excluding carboxylic acids is 1. The smallest absolute Gasteiger partial charge is 0.226 e. The third-order valence-corrected chi connectivity index (χ3v) is 3.41. The fourth-order valence-electron chi connectivity index (χ4n) is 2.03. The molecule has 0 aliphatic rings. The summed E-state index contributed by atoms with van der Waals surface area (Å²) >= 11 is 5.88. The van der Waals surface area contributed by atoms with Gasteiger partial charge in [0, 0.05) is 23.7 Å². The van der Waals surface area contributed by atoms with Crippen molar-refractivity contribution in [1.82, 2.24) is 0 Å². The predicted molar refractivity (Wildman–Crippen MR) is 89.1 cm³/mol. The van der Waals surface area contributed by atoms with Gasteiger partial charge in [-0.05, 0) is 42.8 Å². The molecule has 0 fully saturated rings. The fourth-order valence-corrected chi connectivity index (χ4v) is 2.25. The number of amides is 1. The molecule has 0 aliphatic heterocycles. The zero-order valence-corrected chi connectivity index (χ0v) is 12.9. The maximum absolute atomic E-state index is 11.9. The molecule has 0 unspecified atom stereocenters. The van der Waals surface area contributed by atoms with Crippen molar-refractivity contribution in [1.29, 1.82) is 5.26 Å². The van der Waals surface area contributed by atoms with Crippen LogP contribution in [-0.4, -0.2) is 12.5 Å². The van der Waals surface area contributed by atoms with E-state index in [1.807, 2.05) is 19.1 Å². The van der Waals surface area contributed by atoms with E-state index in [1.165, 1.54) is 0 Å². The minimum absolute atomic E-state index is 0.0904. The lowest BCUT2D eigenvalue weighted by Gasteiger charge is -2.10. The summed E-state index contributed by atoms with van der Waals surface area (Å²) in [4.78, 5) is 11.9. The van der Waals surface area contributed by atoms with Crippen LogP contribution in [0.15, 0.2) is 42.5 Å². The second-order valence-corrected chi connectivity index (χ2v) is 5.28.